The van der Waals surface area contributed by atoms with Gasteiger partial charge in [-0.25, -0.2) is 4.98 Å². The average Bonchev–Trinajstić information content (AvgIpc) is 3.38. The van der Waals surface area contributed by atoms with Crippen molar-refractivity contribution < 1.29 is 13.9 Å². The Hall–Kier alpha value is -2.64. The van der Waals surface area contributed by atoms with Crippen LogP contribution >= 0.6 is 11.3 Å². The molecule has 0 bridgehead atoms. The molecule has 0 aliphatic carbocycles. The summed E-state index contributed by atoms with van der Waals surface area (Å²) in [4.78, 5) is 20.6. The molecule has 0 radical (unpaired) electrons. The topological polar surface area (TPSA) is 67.6 Å². The summed E-state index contributed by atoms with van der Waals surface area (Å²) in [6.07, 6.45) is 0.229. The largest absolute Gasteiger partial charge is 0.496 e. The number of nitrogens with one attached hydrogen (secondary N) is 1. The van der Waals surface area contributed by atoms with Crippen LogP contribution in [0.4, 0.5) is 0 Å². The Kier molecular flexibility index (Phi) is 5.45. The number of carbonyl (C=O) groups excluding carboxylic acids is 1. The molecule has 6 nitrogen and oxygen atoms in total. The minimum Gasteiger partial charge on any atom is -0.496 e. The van der Waals surface area contributed by atoms with Crippen molar-refractivity contribution in [2.45, 2.75) is 19.4 Å². The number of aryl methyl sites for hydroxylation is 1. The van der Waals surface area contributed by atoms with Crippen LogP contribution < -0.4 is 10.1 Å². The molecule has 1 saturated heterocycles. The number of benzene rings is 1. The van der Waals surface area contributed by atoms with Crippen molar-refractivity contribution in [2.24, 2.45) is 0 Å². The third-order valence-electron chi connectivity index (χ3n) is 5.00. The van der Waals surface area contributed by atoms with Crippen LogP contribution in [0.2, 0.25) is 0 Å². The molecular weight excluding hydrogens is 374 g/mol. The number of piperazine rings is 1. The number of thiophene rings is 1. The molecular formula is C21H23N3O3S. The normalized spacial score (nSPS) is 16.9. The van der Waals surface area contributed by atoms with Crippen molar-refractivity contribution in [1.29, 1.82) is 0 Å². The molecule has 2 aromatic heterocycles. The summed E-state index contributed by atoms with van der Waals surface area (Å²) in [7, 11) is 1.66. The van der Waals surface area contributed by atoms with Gasteiger partial charge in [-0.05, 0) is 24.4 Å². The molecule has 1 unspecified atom stereocenters. The number of hydrogen-bond donors (Lipinski definition) is 1. The quantitative estimate of drug-likeness (QED) is 0.714. The Morgan fingerprint density at radius 3 is 3.00 bits per heavy atom. The lowest BCUT2D eigenvalue weighted by Crippen LogP contribution is -2.49. The molecule has 28 heavy (non-hydrogen) atoms. The standard InChI is InChI=1S/C21H23N3O3S/c1-14-16(23-21(27-14)19-8-5-11-28-19)12-20(25)24-10-9-22-13-17(24)15-6-3-4-7-18(15)26-2/h3-8,11,17,22H,9-10,12-13H2,1-2H3. The van der Waals surface area contributed by atoms with Crippen LogP contribution in [0, 0.1) is 6.92 Å². The molecule has 1 aromatic carbocycles. The highest BCUT2D eigenvalue weighted by atomic mass is 32.1. The first-order chi connectivity index (χ1) is 13.7. The maximum Gasteiger partial charge on any atom is 0.236 e. The van der Waals surface area contributed by atoms with E-state index < -0.39 is 0 Å². The molecule has 1 fully saturated rings. The van der Waals surface area contributed by atoms with Crippen molar-refractivity contribution in [3.8, 4) is 16.5 Å². The zero-order chi connectivity index (χ0) is 19.5. The molecule has 1 aliphatic heterocycles. The van der Waals surface area contributed by atoms with E-state index in [-0.39, 0.29) is 18.4 Å². The number of para-hydroxylation sites is 1. The summed E-state index contributed by atoms with van der Waals surface area (Å²) >= 11 is 1.57. The third kappa shape index (κ3) is 3.68. The molecule has 0 spiro atoms. The number of rotatable bonds is 5. The molecule has 3 aromatic rings. The summed E-state index contributed by atoms with van der Waals surface area (Å²) in [5.41, 5.74) is 1.72. The lowest BCUT2D eigenvalue weighted by molar-refractivity contribution is -0.133. The Morgan fingerprint density at radius 2 is 2.21 bits per heavy atom. The van der Waals surface area contributed by atoms with E-state index in [2.05, 4.69) is 10.3 Å². The van der Waals surface area contributed by atoms with E-state index in [1.54, 1.807) is 18.4 Å². The minimum atomic E-state index is -0.0682. The fourth-order valence-corrected chi connectivity index (χ4v) is 4.21. The van der Waals surface area contributed by atoms with Gasteiger partial charge in [-0.15, -0.1) is 11.3 Å². The van der Waals surface area contributed by atoms with Crippen LogP contribution in [-0.4, -0.2) is 42.5 Å². The van der Waals surface area contributed by atoms with Crippen LogP contribution in [0.1, 0.15) is 23.1 Å². The SMILES string of the molecule is COc1ccccc1C1CNCCN1C(=O)Cc1nc(-c2cccs2)oc1C. The van der Waals surface area contributed by atoms with Crippen LogP contribution in [0.5, 0.6) is 5.75 Å². The molecule has 1 atom stereocenters. The molecule has 4 rings (SSSR count). The second kappa shape index (κ2) is 8.16. The monoisotopic (exact) mass is 397 g/mol. The molecule has 1 N–H and O–H groups in total. The van der Waals surface area contributed by atoms with Gasteiger partial charge in [0.1, 0.15) is 11.5 Å². The summed E-state index contributed by atoms with van der Waals surface area (Å²) < 4.78 is 11.3. The van der Waals surface area contributed by atoms with E-state index in [1.165, 1.54) is 0 Å². The Labute approximate surface area is 168 Å². The van der Waals surface area contributed by atoms with Gasteiger partial charge >= 0.3 is 0 Å². The van der Waals surface area contributed by atoms with Crippen LogP contribution in [0.3, 0.4) is 0 Å². The van der Waals surface area contributed by atoms with Gasteiger partial charge in [0, 0.05) is 25.2 Å². The first-order valence-corrected chi connectivity index (χ1v) is 10.2. The second-order valence-electron chi connectivity index (χ2n) is 6.72. The summed E-state index contributed by atoms with van der Waals surface area (Å²) in [6, 6.07) is 11.7. The Bertz CT molecular complexity index is 952. The highest BCUT2D eigenvalue weighted by molar-refractivity contribution is 7.13. The first kappa shape index (κ1) is 18.7. The maximum absolute atomic E-state index is 13.2. The lowest BCUT2D eigenvalue weighted by Gasteiger charge is -2.37. The van der Waals surface area contributed by atoms with Crippen molar-refractivity contribution in [2.75, 3.05) is 26.7 Å². The molecule has 0 saturated carbocycles. The lowest BCUT2D eigenvalue weighted by atomic mass is 10.0. The molecule has 1 amide bonds. The maximum atomic E-state index is 13.2. The van der Waals surface area contributed by atoms with Gasteiger partial charge in [-0.3, -0.25) is 4.79 Å². The minimum absolute atomic E-state index is 0.0477. The van der Waals surface area contributed by atoms with Crippen molar-refractivity contribution in [3.05, 3.63) is 58.8 Å². The number of amides is 1. The van der Waals surface area contributed by atoms with E-state index in [0.29, 0.717) is 30.4 Å². The number of aromatic nitrogens is 1. The fourth-order valence-electron chi connectivity index (χ4n) is 3.56. The van der Waals surface area contributed by atoms with Crippen molar-refractivity contribution in [1.82, 2.24) is 15.2 Å². The third-order valence-corrected chi connectivity index (χ3v) is 5.86. The number of methoxy groups -OCH3 is 1. The number of ether oxygens (including phenoxy) is 1. The fraction of sp³-hybridized carbons (Fsp3) is 0.333. The number of carbonyl (C=O) groups is 1. The second-order valence-corrected chi connectivity index (χ2v) is 7.67. The summed E-state index contributed by atoms with van der Waals surface area (Å²) in [5, 5.41) is 5.37. The van der Waals surface area contributed by atoms with Crippen LogP contribution in [0.15, 0.2) is 46.2 Å². The van der Waals surface area contributed by atoms with Gasteiger partial charge < -0.3 is 19.4 Å². The van der Waals surface area contributed by atoms with Crippen LogP contribution in [0.25, 0.3) is 10.8 Å². The number of hydrogen-bond acceptors (Lipinski definition) is 6. The van der Waals surface area contributed by atoms with Crippen molar-refractivity contribution in [3.63, 3.8) is 0 Å². The first-order valence-electron chi connectivity index (χ1n) is 9.30. The molecule has 1 aliphatic rings. The molecule has 7 heteroatoms. The molecule has 3 heterocycles. The van der Waals surface area contributed by atoms with Gasteiger partial charge in [0.05, 0.1) is 30.1 Å². The number of nitrogens with zero attached hydrogens (tertiary/aromatic N) is 2. The summed E-state index contributed by atoms with van der Waals surface area (Å²) in [6.45, 7) is 3.98. The molecule has 146 valence electrons. The van der Waals surface area contributed by atoms with E-state index >= 15 is 0 Å². The Morgan fingerprint density at radius 1 is 1.36 bits per heavy atom. The predicted octanol–water partition coefficient (Wildman–Crippen LogP) is 3.44. The van der Waals surface area contributed by atoms with E-state index in [4.69, 9.17) is 9.15 Å². The number of oxazole rings is 1. The van der Waals surface area contributed by atoms with Gasteiger partial charge in [0.15, 0.2) is 0 Å². The average molecular weight is 398 g/mol. The zero-order valence-corrected chi connectivity index (χ0v) is 16.8. The van der Waals surface area contributed by atoms with E-state index in [0.717, 1.165) is 22.7 Å². The van der Waals surface area contributed by atoms with Gasteiger partial charge in [-0.1, -0.05) is 24.3 Å². The highest BCUT2D eigenvalue weighted by Gasteiger charge is 2.30. The summed E-state index contributed by atoms with van der Waals surface area (Å²) in [5.74, 6) is 2.12. The van der Waals surface area contributed by atoms with Crippen LogP contribution in [-0.2, 0) is 11.2 Å². The van der Waals surface area contributed by atoms with Gasteiger partial charge in [-0.2, -0.15) is 0 Å². The van der Waals surface area contributed by atoms with Gasteiger partial charge in [0.2, 0.25) is 11.8 Å². The predicted molar refractivity (Wildman–Crippen MR) is 109 cm³/mol. The van der Waals surface area contributed by atoms with Gasteiger partial charge in [0.25, 0.3) is 0 Å². The van der Waals surface area contributed by atoms with Crippen molar-refractivity contribution >= 4 is 17.2 Å². The zero-order valence-electron chi connectivity index (χ0n) is 16.0. The highest BCUT2D eigenvalue weighted by Crippen LogP contribution is 2.31. The smallest absolute Gasteiger partial charge is 0.236 e. The van der Waals surface area contributed by atoms with E-state index in [1.807, 2.05) is 53.6 Å². The Balaban J connectivity index is 1.56. The van der Waals surface area contributed by atoms with E-state index in [9.17, 15) is 4.79 Å².